The SMILES string of the molecule is C[Si](C)(C)CCOCn1cnc2cc(C=O)ccc21. The van der Waals surface area contributed by atoms with Crippen LogP contribution in [0.5, 0.6) is 0 Å². The van der Waals surface area contributed by atoms with Crippen LogP contribution in [0.15, 0.2) is 24.5 Å². The molecule has 0 aliphatic carbocycles. The number of carbonyl (C=O) groups is 1. The average Bonchev–Trinajstić information content (AvgIpc) is 2.75. The second-order valence-corrected chi connectivity index (χ2v) is 11.5. The summed E-state index contributed by atoms with van der Waals surface area (Å²) in [5.74, 6) is 0. The topological polar surface area (TPSA) is 44.1 Å². The van der Waals surface area contributed by atoms with Crippen molar-refractivity contribution in [2.45, 2.75) is 32.4 Å². The summed E-state index contributed by atoms with van der Waals surface area (Å²) in [4.78, 5) is 15.0. The van der Waals surface area contributed by atoms with Crippen LogP contribution >= 0.6 is 0 Å². The zero-order chi connectivity index (χ0) is 13.9. The molecule has 2 rings (SSSR count). The fourth-order valence-electron chi connectivity index (χ4n) is 1.80. The summed E-state index contributed by atoms with van der Waals surface area (Å²) in [7, 11) is -1.03. The Balaban J connectivity index is 2.00. The Hall–Kier alpha value is -1.46. The van der Waals surface area contributed by atoms with Crippen LogP contribution in [0.25, 0.3) is 11.0 Å². The van der Waals surface area contributed by atoms with E-state index in [0.29, 0.717) is 12.3 Å². The van der Waals surface area contributed by atoms with Gasteiger partial charge in [-0.25, -0.2) is 4.98 Å². The molecule has 0 amide bonds. The fourth-order valence-corrected chi connectivity index (χ4v) is 2.55. The van der Waals surface area contributed by atoms with E-state index in [1.165, 1.54) is 0 Å². The normalized spacial score (nSPS) is 11.9. The molecule has 0 atom stereocenters. The van der Waals surface area contributed by atoms with Crippen molar-refractivity contribution in [1.82, 2.24) is 9.55 Å². The Morgan fingerprint density at radius 2 is 2.16 bits per heavy atom. The molecule has 0 N–H and O–H groups in total. The predicted octanol–water partition coefficient (Wildman–Crippen LogP) is 3.16. The van der Waals surface area contributed by atoms with Gasteiger partial charge in [-0.3, -0.25) is 4.79 Å². The Morgan fingerprint density at radius 3 is 2.84 bits per heavy atom. The van der Waals surface area contributed by atoms with Gasteiger partial charge in [0.2, 0.25) is 0 Å². The highest BCUT2D eigenvalue weighted by atomic mass is 28.3. The van der Waals surface area contributed by atoms with E-state index in [1.807, 2.05) is 10.6 Å². The number of benzene rings is 1. The third-order valence-electron chi connectivity index (χ3n) is 3.01. The molecule has 5 heteroatoms. The van der Waals surface area contributed by atoms with Crippen molar-refractivity contribution in [3.05, 3.63) is 30.1 Å². The molecule has 0 aliphatic rings. The highest BCUT2D eigenvalue weighted by molar-refractivity contribution is 6.76. The number of nitrogens with zero attached hydrogens (tertiary/aromatic N) is 2. The average molecular weight is 276 g/mol. The van der Waals surface area contributed by atoms with Crippen molar-refractivity contribution in [3.63, 3.8) is 0 Å². The third-order valence-corrected chi connectivity index (χ3v) is 4.71. The summed E-state index contributed by atoms with van der Waals surface area (Å²) in [6.07, 6.45) is 2.59. The van der Waals surface area contributed by atoms with Crippen LogP contribution in [0.4, 0.5) is 0 Å². The van der Waals surface area contributed by atoms with E-state index in [-0.39, 0.29) is 0 Å². The lowest BCUT2D eigenvalue weighted by Gasteiger charge is -2.15. The van der Waals surface area contributed by atoms with Crippen LogP contribution in [0.3, 0.4) is 0 Å². The Labute approximate surface area is 114 Å². The first-order valence-corrected chi connectivity index (χ1v) is 10.2. The van der Waals surface area contributed by atoms with Gasteiger partial charge in [-0.05, 0) is 24.2 Å². The second-order valence-electron chi connectivity index (χ2n) is 5.93. The molecule has 4 nitrogen and oxygen atoms in total. The maximum atomic E-state index is 10.7. The maximum Gasteiger partial charge on any atom is 0.150 e. The van der Waals surface area contributed by atoms with Crippen molar-refractivity contribution in [2.75, 3.05) is 6.61 Å². The molecule has 0 unspecified atom stereocenters. The van der Waals surface area contributed by atoms with E-state index in [1.54, 1.807) is 18.5 Å². The van der Waals surface area contributed by atoms with Crippen LogP contribution < -0.4 is 0 Å². The highest BCUT2D eigenvalue weighted by Gasteiger charge is 2.12. The number of imidazole rings is 1. The molecule has 102 valence electrons. The quantitative estimate of drug-likeness (QED) is 0.462. The van der Waals surface area contributed by atoms with Crippen LogP contribution in [0.2, 0.25) is 25.7 Å². The van der Waals surface area contributed by atoms with Gasteiger partial charge in [-0.1, -0.05) is 19.6 Å². The molecule has 0 aliphatic heterocycles. The lowest BCUT2D eigenvalue weighted by molar-refractivity contribution is 0.0898. The van der Waals surface area contributed by atoms with E-state index < -0.39 is 8.07 Å². The minimum absolute atomic E-state index is 0.515. The first kappa shape index (κ1) is 14.0. The smallest absolute Gasteiger partial charge is 0.150 e. The number of ether oxygens (including phenoxy) is 1. The van der Waals surface area contributed by atoms with Gasteiger partial charge in [0.25, 0.3) is 0 Å². The van der Waals surface area contributed by atoms with Crippen LogP contribution in [-0.2, 0) is 11.5 Å². The summed E-state index contributed by atoms with van der Waals surface area (Å²) in [6.45, 7) is 8.32. The standard InChI is InChI=1S/C14H20N2O2Si/c1-19(2,3)7-6-18-11-16-10-15-13-8-12(9-17)4-5-14(13)16/h4-5,8-10H,6-7,11H2,1-3H3. The molecule has 0 spiro atoms. The molecule has 1 aromatic heterocycles. The molecule has 1 heterocycles. The number of fused-ring (bicyclic) bond motifs is 1. The van der Waals surface area contributed by atoms with Gasteiger partial charge < -0.3 is 9.30 Å². The zero-order valence-corrected chi connectivity index (χ0v) is 12.7. The summed E-state index contributed by atoms with van der Waals surface area (Å²) < 4.78 is 7.67. The summed E-state index contributed by atoms with van der Waals surface area (Å²) in [6, 6.07) is 6.67. The highest BCUT2D eigenvalue weighted by Crippen LogP contribution is 2.14. The minimum Gasteiger partial charge on any atom is -0.361 e. The van der Waals surface area contributed by atoms with Crippen molar-refractivity contribution < 1.29 is 9.53 Å². The first-order chi connectivity index (χ1) is 8.99. The van der Waals surface area contributed by atoms with E-state index in [9.17, 15) is 4.79 Å². The molecule has 1 aromatic carbocycles. The third kappa shape index (κ3) is 3.75. The maximum absolute atomic E-state index is 10.7. The number of hydrogen-bond donors (Lipinski definition) is 0. The number of aromatic nitrogens is 2. The monoisotopic (exact) mass is 276 g/mol. The van der Waals surface area contributed by atoms with Crippen LogP contribution in [0.1, 0.15) is 10.4 Å². The van der Waals surface area contributed by atoms with E-state index in [0.717, 1.165) is 30.0 Å². The number of carbonyl (C=O) groups excluding carboxylic acids is 1. The van der Waals surface area contributed by atoms with Gasteiger partial charge in [0.1, 0.15) is 13.0 Å². The number of rotatable bonds is 6. The van der Waals surface area contributed by atoms with Gasteiger partial charge in [0.05, 0.1) is 17.4 Å². The second kappa shape index (κ2) is 5.67. The van der Waals surface area contributed by atoms with Crippen LogP contribution in [-0.4, -0.2) is 30.5 Å². The van der Waals surface area contributed by atoms with Gasteiger partial charge in [0.15, 0.2) is 0 Å². The summed E-state index contributed by atoms with van der Waals surface area (Å²) >= 11 is 0. The van der Waals surface area contributed by atoms with Crippen molar-refractivity contribution in [2.24, 2.45) is 0 Å². The van der Waals surface area contributed by atoms with Crippen molar-refractivity contribution in [1.29, 1.82) is 0 Å². The molecule has 0 saturated heterocycles. The van der Waals surface area contributed by atoms with Gasteiger partial charge in [-0.15, -0.1) is 0 Å². The first-order valence-electron chi connectivity index (χ1n) is 6.47. The summed E-state index contributed by atoms with van der Waals surface area (Å²) in [5, 5.41) is 0. The van der Waals surface area contributed by atoms with Crippen molar-refractivity contribution in [3.8, 4) is 0 Å². The van der Waals surface area contributed by atoms with Gasteiger partial charge >= 0.3 is 0 Å². The predicted molar refractivity (Wildman–Crippen MR) is 79.2 cm³/mol. The summed E-state index contributed by atoms with van der Waals surface area (Å²) in [5.41, 5.74) is 2.48. The molecule has 19 heavy (non-hydrogen) atoms. The Morgan fingerprint density at radius 1 is 1.37 bits per heavy atom. The molecule has 0 fully saturated rings. The van der Waals surface area contributed by atoms with Crippen molar-refractivity contribution >= 4 is 25.4 Å². The Bertz CT molecular complexity index is 572. The van der Waals surface area contributed by atoms with E-state index >= 15 is 0 Å². The number of hydrogen-bond acceptors (Lipinski definition) is 3. The van der Waals surface area contributed by atoms with E-state index in [4.69, 9.17) is 4.74 Å². The minimum atomic E-state index is -1.03. The lowest BCUT2D eigenvalue weighted by atomic mass is 10.2. The number of aldehydes is 1. The van der Waals surface area contributed by atoms with E-state index in [2.05, 4.69) is 24.6 Å². The van der Waals surface area contributed by atoms with Gasteiger partial charge in [0, 0.05) is 20.2 Å². The molecule has 2 aromatic rings. The molecule has 0 saturated carbocycles. The molecule has 0 radical (unpaired) electrons. The molecule has 0 bridgehead atoms. The van der Waals surface area contributed by atoms with Crippen LogP contribution in [0, 0.1) is 0 Å². The lowest BCUT2D eigenvalue weighted by Crippen LogP contribution is -2.21. The fraction of sp³-hybridized carbons (Fsp3) is 0.429. The zero-order valence-electron chi connectivity index (χ0n) is 11.7. The molecular weight excluding hydrogens is 256 g/mol. The Kier molecular flexibility index (Phi) is 4.16. The van der Waals surface area contributed by atoms with Gasteiger partial charge in [-0.2, -0.15) is 0 Å². The molecular formula is C14H20N2O2Si. The largest absolute Gasteiger partial charge is 0.361 e.